The number of hydrogen-bond donors (Lipinski definition) is 2. The number of ether oxygens (including phenoxy) is 1. The fraction of sp³-hybridized carbons (Fsp3) is 0.667. The van der Waals surface area contributed by atoms with Crippen LogP contribution in [0.15, 0.2) is 23.3 Å². The van der Waals surface area contributed by atoms with Gasteiger partial charge in [-0.25, -0.2) is 9.98 Å². The number of nitrogens with one attached hydrogen (secondary N) is 2. The first-order valence-corrected chi connectivity index (χ1v) is 9.19. The monoisotopic (exact) mass is 331 g/mol. The second-order valence-electron chi connectivity index (χ2n) is 6.43. The summed E-state index contributed by atoms with van der Waals surface area (Å²) in [5.41, 5.74) is 1.20. The molecule has 132 valence electrons. The number of rotatable bonds is 6. The SMILES string of the molecule is CCNC(=NCc1ccnc(N2CCCC2)c1)NCC1CCCO1. The third-order valence-corrected chi connectivity index (χ3v) is 4.53. The molecule has 0 aliphatic carbocycles. The second-order valence-corrected chi connectivity index (χ2v) is 6.43. The van der Waals surface area contributed by atoms with Crippen molar-refractivity contribution >= 4 is 11.8 Å². The molecule has 0 radical (unpaired) electrons. The van der Waals surface area contributed by atoms with E-state index in [0.29, 0.717) is 12.6 Å². The molecule has 2 aliphatic heterocycles. The second kappa shape index (κ2) is 8.87. The number of guanidine groups is 1. The maximum Gasteiger partial charge on any atom is 0.191 e. The van der Waals surface area contributed by atoms with Crippen LogP contribution >= 0.6 is 0 Å². The molecule has 3 heterocycles. The van der Waals surface area contributed by atoms with Gasteiger partial charge in [-0.2, -0.15) is 0 Å². The van der Waals surface area contributed by atoms with Gasteiger partial charge in [0.2, 0.25) is 0 Å². The number of nitrogens with zero attached hydrogens (tertiary/aromatic N) is 3. The predicted molar refractivity (Wildman–Crippen MR) is 97.5 cm³/mol. The van der Waals surface area contributed by atoms with Crippen molar-refractivity contribution in [2.45, 2.75) is 45.3 Å². The lowest BCUT2D eigenvalue weighted by molar-refractivity contribution is 0.114. The average molecular weight is 331 g/mol. The molecule has 3 rings (SSSR count). The first-order chi connectivity index (χ1) is 11.8. The maximum absolute atomic E-state index is 5.66. The Balaban J connectivity index is 1.57. The van der Waals surface area contributed by atoms with Gasteiger partial charge in [-0.1, -0.05) is 0 Å². The molecule has 6 nitrogen and oxygen atoms in total. The molecule has 24 heavy (non-hydrogen) atoms. The minimum Gasteiger partial charge on any atom is -0.376 e. The first kappa shape index (κ1) is 17.0. The Morgan fingerprint density at radius 2 is 2.21 bits per heavy atom. The molecule has 0 amide bonds. The minimum absolute atomic E-state index is 0.316. The number of hydrogen-bond acceptors (Lipinski definition) is 4. The molecule has 1 unspecified atom stereocenters. The molecule has 0 bridgehead atoms. The molecular formula is C18H29N5O. The van der Waals surface area contributed by atoms with Crippen molar-refractivity contribution < 1.29 is 4.74 Å². The van der Waals surface area contributed by atoms with Gasteiger partial charge in [-0.15, -0.1) is 0 Å². The van der Waals surface area contributed by atoms with Gasteiger partial charge < -0.3 is 20.3 Å². The Morgan fingerprint density at radius 1 is 1.33 bits per heavy atom. The topological polar surface area (TPSA) is 61.8 Å². The number of anilines is 1. The molecule has 1 aromatic rings. The van der Waals surface area contributed by atoms with E-state index in [1.54, 1.807) is 0 Å². The highest BCUT2D eigenvalue weighted by Crippen LogP contribution is 2.18. The van der Waals surface area contributed by atoms with Crippen molar-refractivity contribution in [3.8, 4) is 0 Å². The predicted octanol–water partition coefficient (Wildman–Crippen LogP) is 1.92. The van der Waals surface area contributed by atoms with E-state index in [1.165, 1.54) is 18.4 Å². The molecule has 6 heteroatoms. The third-order valence-electron chi connectivity index (χ3n) is 4.53. The first-order valence-electron chi connectivity index (χ1n) is 9.19. The van der Waals surface area contributed by atoms with E-state index >= 15 is 0 Å². The quantitative estimate of drug-likeness (QED) is 0.616. The van der Waals surface area contributed by atoms with Gasteiger partial charge in [-0.05, 0) is 50.3 Å². The zero-order valence-electron chi connectivity index (χ0n) is 14.6. The van der Waals surface area contributed by atoms with Crippen LogP contribution in [0.4, 0.5) is 5.82 Å². The van der Waals surface area contributed by atoms with Crippen molar-refractivity contribution in [2.24, 2.45) is 4.99 Å². The van der Waals surface area contributed by atoms with Gasteiger partial charge in [0.15, 0.2) is 5.96 Å². The summed E-state index contributed by atoms with van der Waals surface area (Å²) in [7, 11) is 0. The largest absolute Gasteiger partial charge is 0.376 e. The zero-order chi connectivity index (χ0) is 16.6. The van der Waals surface area contributed by atoms with Crippen LogP contribution in [0, 0.1) is 0 Å². The zero-order valence-corrected chi connectivity index (χ0v) is 14.6. The lowest BCUT2D eigenvalue weighted by Gasteiger charge is -2.17. The van der Waals surface area contributed by atoms with Crippen LogP contribution in [0.1, 0.15) is 38.2 Å². The van der Waals surface area contributed by atoms with Crippen LogP contribution in [-0.2, 0) is 11.3 Å². The molecule has 2 N–H and O–H groups in total. The molecule has 0 saturated carbocycles. The van der Waals surface area contributed by atoms with Crippen molar-refractivity contribution in [1.29, 1.82) is 0 Å². The van der Waals surface area contributed by atoms with Crippen LogP contribution in [0.25, 0.3) is 0 Å². The standard InChI is InChI=1S/C18H29N5O/c1-2-19-18(22-14-16-6-5-11-24-16)21-13-15-7-8-20-17(12-15)23-9-3-4-10-23/h7-8,12,16H,2-6,9-11,13-14H2,1H3,(H2,19,21,22). The van der Waals surface area contributed by atoms with E-state index in [2.05, 4.69) is 33.5 Å². The van der Waals surface area contributed by atoms with E-state index in [4.69, 9.17) is 9.73 Å². The maximum atomic E-state index is 5.66. The van der Waals surface area contributed by atoms with E-state index < -0.39 is 0 Å². The molecule has 0 aromatic carbocycles. The Kier molecular flexibility index (Phi) is 6.29. The lowest BCUT2D eigenvalue weighted by Crippen LogP contribution is -2.41. The van der Waals surface area contributed by atoms with Crippen molar-refractivity contribution in [2.75, 3.05) is 37.7 Å². The Labute approximate surface area is 144 Å². The van der Waals surface area contributed by atoms with Crippen molar-refractivity contribution in [3.05, 3.63) is 23.9 Å². The van der Waals surface area contributed by atoms with E-state index in [1.807, 2.05) is 12.3 Å². The summed E-state index contributed by atoms with van der Waals surface area (Å²) in [4.78, 5) is 11.6. The van der Waals surface area contributed by atoms with Gasteiger partial charge in [0, 0.05) is 39.0 Å². The molecule has 1 aromatic heterocycles. The van der Waals surface area contributed by atoms with Gasteiger partial charge in [0.1, 0.15) is 5.82 Å². The van der Waals surface area contributed by atoms with Crippen molar-refractivity contribution in [3.63, 3.8) is 0 Å². The highest BCUT2D eigenvalue weighted by Gasteiger charge is 2.16. The minimum atomic E-state index is 0.316. The van der Waals surface area contributed by atoms with E-state index in [-0.39, 0.29) is 0 Å². The van der Waals surface area contributed by atoms with Gasteiger partial charge in [0.05, 0.1) is 12.6 Å². The summed E-state index contributed by atoms with van der Waals surface area (Å²) in [5, 5.41) is 6.69. The smallest absolute Gasteiger partial charge is 0.191 e. The highest BCUT2D eigenvalue weighted by atomic mass is 16.5. The molecular weight excluding hydrogens is 302 g/mol. The van der Waals surface area contributed by atoms with Gasteiger partial charge in [-0.3, -0.25) is 0 Å². The van der Waals surface area contributed by atoms with Gasteiger partial charge >= 0.3 is 0 Å². The fourth-order valence-electron chi connectivity index (χ4n) is 3.21. The van der Waals surface area contributed by atoms with Crippen LogP contribution in [0.2, 0.25) is 0 Å². The molecule has 2 fully saturated rings. The number of pyridine rings is 1. The van der Waals surface area contributed by atoms with Crippen LogP contribution in [0.3, 0.4) is 0 Å². The van der Waals surface area contributed by atoms with Crippen LogP contribution in [-0.4, -0.2) is 49.8 Å². The number of aliphatic imine (C=N–C) groups is 1. The average Bonchev–Trinajstić information content (AvgIpc) is 3.31. The Bertz CT molecular complexity index is 536. The summed E-state index contributed by atoms with van der Waals surface area (Å²) in [5.74, 6) is 1.94. The molecule has 2 saturated heterocycles. The van der Waals surface area contributed by atoms with E-state index in [0.717, 1.165) is 57.4 Å². The molecule has 0 spiro atoms. The van der Waals surface area contributed by atoms with Crippen LogP contribution < -0.4 is 15.5 Å². The normalized spacial score (nSPS) is 21.3. The Hall–Kier alpha value is -1.82. The summed E-state index contributed by atoms with van der Waals surface area (Å²) in [6.07, 6.45) is 7.04. The highest BCUT2D eigenvalue weighted by molar-refractivity contribution is 5.79. The lowest BCUT2D eigenvalue weighted by atomic mass is 10.2. The van der Waals surface area contributed by atoms with E-state index in [9.17, 15) is 0 Å². The summed E-state index contributed by atoms with van der Waals surface area (Å²) in [6.45, 7) is 7.53. The molecule has 1 atom stereocenters. The Morgan fingerprint density at radius 3 is 2.96 bits per heavy atom. The summed E-state index contributed by atoms with van der Waals surface area (Å²) in [6, 6.07) is 4.21. The molecule has 2 aliphatic rings. The summed E-state index contributed by atoms with van der Waals surface area (Å²) < 4.78 is 5.66. The number of aromatic nitrogens is 1. The van der Waals surface area contributed by atoms with Gasteiger partial charge in [0.25, 0.3) is 0 Å². The van der Waals surface area contributed by atoms with Crippen molar-refractivity contribution in [1.82, 2.24) is 15.6 Å². The van der Waals surface area contributed by atoms with Crippen LogP contribution in [0.5, 0.6) is 0 Å². The summed E-state index contributed by atoms with van der Waals surface area (Å²) >= 11 is 0. The fourth-order valence-corrected chi connectivity index (χ4v) is 3.21. The third kappa shape index (κ3) is 4.84.